The molecule has 0 nitrogen and oxygen atoms in total. The molecule has 0 fully saturated rings. The first-order chi connectivity index (χ1) is 9.29. The van der Waals surface area contributed by atoms with Crippen LogP contribution >= 0.6 is 0 Å². The predicted octanol–water partition coefficient (Wildman–Crippen LogP) is 6.30. The molecule has 0 N–H and O–H groups in total. The van der Waals surface area contributed by atoms with Gasteiger partial charge >= 0.3 is 0 Å². The van der Waals surface area contributed by atoms with Crippen molar-refractivity contribution in [2.24, 2.45) is 0 Å². The molecule has 0 saturated carbocycles. The van der Waals surface area contributed by atoms with E-state index < -0.39 is 0 Å². The summed E-state index contributed by atoms with van der Waals surface area (Å²) in [5.41, 5.74) is 1.83. The van der Waals surface area contributed by atoms with E-state index in [2.05, 4.69) is 51.1 Å². The highest BCUT2D eigenvalue weighted by molar-refractivity contribution is 5.24. The molecule has 0 spiro atoms. The summed E-state index contributed by atoms with van der Waals surface area (Å²) in [7, 11) is 0. The lowest BCUT2D eigenvalue weighted by atomic mass is 9.71. The first-order valence-corrected chi connectivity index (χ1v) is 8.26. The highest BCUT2D eigenvalue weighted by Gasteiger charge is 2.29. The lowest BCUT2D eigenvalue weighted by molar-refractivity contribution is 0.324. The van der Waals surface area contributed by atoms with Crippen LogP contribution in [0.25, 0.3) is 0 Å². The van der Waals surface area contributed by atoms with Crippen LogP contribution in [0.4, 0.5) is 0 Å². The molecule has 0 atom stereocenters. The summed E-state index contributed by atoms with van der Waals surface area (Å²) in [5, 5.41) is 0. The molecule has 0 aromatic heterocycles. The van der Waals surface area contributed by atoms with Gasteiger partial charge in [0, 0.05) is 0 Å². The van der Waals surface area contributed by atoms with Crippen molar-refractivity contribution in [1.82, 2.24) is 0 Å². The van der Waals surface area contributed by atoms with Crippen LogP contribution in [0.2, 0.25) is 0 Å². The summed E-state index contributed by atoms with van der Waals surface area (Å²) < 4.78 is 0. The van der Waals surface area contributed by atoms with Crippen LogP contribution in [0.5, 0.6) is 0 Å². The Hall–Kier alpha value is -0.780. The van der Waals surface area contributed by atoms with Crippen LogP contribution in [-0.4, -0.2) is 0 Å². The van der Waals surface area contributed by atoms with Crippen molar-refractivity contribution < 1.29 is 0 Å². The van der Waals surface area contributed by atoms with E-state index >= 15 is 0 Å². The van der Waals surface area contributed by atoms with Gasteiger partial charge in [0.1, 0.15) is 0 Å². The molecule has 1 aromatic rings. The Bertz CT molecular complexity index is 302. The van der Waals surface area contributed by atoms with Crippen LogP contribution in [0.3, 0.4) is 0 Å². The molecule has 1 rings (SSSR count). The van der Waals surface area contributed by atoms with E-state index in [1.165, 1.54) is 63.4 Å². The van der Waals surface area contributed by atoms with Gasteiger partial charge in [0.2, 0.25) is 0 Å². The zero-order chi connectivity index (χ0) is 14.0. The fraction of sp³-hybridized carbons (Fsp3) is 0.684. The molecular weight excluding hydrogens is 228 g/mol. The number of hydrogen-bond acceptors (Lipinski definition) is 0. The van der Waals surface area contributed by atoms with Gasteiger partial charge in [0.15, 0.2) is 0 Å². The maximum Gasteiger partial charge on any atom is -0.00434 e. The summed E-state index contributed by atoms with van der Waals surface area (Å²) >= 11 is 0. The molecule has 0 heterocycles. The van der Waals surface area contributed by atoms with Crippen LogP contribution < -0.4 is 0 Å². The molecule has 19 heavy (non-hydrogen) atoms. The number of benzene rings is 1. The van der Waals surface area contributed by atoms with E-state index in [9.17, 15) is 0 Å². The SMILES string of the molecule is CCCCCC(CC)(CCCCC)c1[c]cccc1. The minimum absolute atomic E-state index is 0.381. The molecule has 107 valence electrons. The standard InChI is InChI=1S/C19H31/c1-4-7-12-16-19(6-3,17-13-8-5-2)18-14-10-9-11-15-18/h9-11,14H,4-8,12-13,16-17H2,1-3H3. The second kappa shape index (κ2) is 9.18. The van der Waals surface area contributed by atoms with Gasteiger partial charge in [-0.15, -0.1) is 0 Å². The van der Waals surface area contributed by atoms with Gasteiger partial charge in [-0.2, -0.15) is 0 Å². The molecule has 0 bridgehead atoms. The van der Waals surface area contributed by atoms with E-state index in [1.807, 2.05) is 0 Å². The van der Waals surface area contributed by atoms with E-state index in [4.69, 9.17) is 0 Å². The third-order valence-corrected chi connectivity index (χ3v) is 4.47. The molecule has 0 aliphatic heterocycles. The fourth-order valence-corrected chi connectivity index (χ4v) is 3.09. The van der Waals surface area contributed by atoms with Crippen molar-refractivity contribution >= 4 is 0 Å². The van der Waals surface area contributed by atoms with Crippen LogP contribution in [0.15, 0.2) is 24.3 Å². The minimum atomic E-state index is 0.381. The predicted molar refractivity (Wildman–Crippen MR) is 85.5 cm³/mol. The van der Waals surface area contributed by atoms with Crippen molar-refractivity contribution in [3.8, 4) is 0 Å². The summed E-state index contributed by atoms with van der Waals surface area (Å²) in [4.78, 5) is 0. The molecule has 0 aliphatic rings. The van der Waals surface area contributed by atoms with Gasteiger partial charge in [0.25, 0.3) is 0 Å². The van der Waals surface area contributed by atoms with Crippen LogP contribution in [0.1, 0.15) is 84.1 Å². The highest BCUT2D eigenvalue weighted by atomic mass is 14.3. The minimum Gasteiger partial charge on any atom is -0.0654 e. The number of rotatable bonds is 10. The lowest BCUT2D eigenvalue weighted by Crippen LogP contribution is -2.25. The first kappa shape index (κ1) is 16.3. The molecule has 0 aliphatic carbocycles. The normalized spacial score (nSPS) is 11.7. The average Bonchev–Trinajstić information content (AvgIpc) is 2.47. The maximum absolute atomic E-state index is 3.51. The molecule has 0 unspecified atom stereocenters. The Kier molecular flexibility index (Phi) is 7.86. The third-order valence-electron chi connectivity index (χ3n) is 4.47. The van der Waals surface area contributed by atoms with Crippen LogP contribution in [-0.2, 0) is 5.41 Å². The van der Waals surface area contributed by atoms with Gasteiger partial charge < -0.3 is 0 Å². The Morgan fingerprint density at radius 2 is 1.53 bits per heavy atom. The molecule has 1 radical (unpaired) electrons. The second-order valence-corrected chi connectivity index (χ2v) is 5.82. The fourth-order valence-electron chi connectivity index (χ4n) is 3.09. The van der Waals surface area contributed by atoms with Gasteiger partial charge in [0.05, 0.1) is 0 Å². The van der Waals surface area contributed by atoms with E-state index in [0.717, 1.165) is 0 Å². The lowest BCUT2D eigenvalue weighted by Gasteiger charge is -2.34. The molecule has 1 aromatic carbocycles. The highest BCUT2D eigenvalue weighted by Crippen LogP contribution is 2.38. The van der Waals surface area contributed by atoms with Crippen molar-refractivity contribution in [3.05, 3.63) is 35.9 Å². The summed E-state index contributed by atoms with van der Waals surface area (Å²) in [6.45, 7) is 6.94. The smallest absolute Gasteiger partial charge is 0.00434 e. The van der Waals surface area contributed by atoms with Crippen molar-refractivity contribution in [3.63, 3.8) is 0 Å². The van der Waals surface area contributed by atoms with Gasteiger partial charge in [-0.3, -0.25) is 0 Å². The van der Waals surface area contributed by atoms with Gasteiger partial charge in [-0.1, -0.05) is 83.6 Å². The largest absolute Gasteiger partial charge is 0.0654 e. The Balaban J connectivity index is 2.79. The number of hydrogen-bond donors (Lipinski definition) is 0. The van der Waals surface area contributed by atoms with E-state index in [1.54, 1.807) is 0 Å². The molecule has 0 amide bonds. The summed E-state index contributed by atoms with van der Waals surface area (Å²) in [6, 6.07) is 12.2. The van der Waals surface area contributed by atoms with Crippen molar-refractivity contribution in [2.45, 2.75) is 84.0 Å². The second-order valence-electron chi connectivity index (χ2n) is 5.82. The Labute approximate surface area is 120 Å². The number of unbranched alkanes of at least 4 members (excludes halogenated alkanes) is 4. The first-order valence-electron chi connectivity index (χ1n) is 8.26. The van der Waals surface area contributed by atoms with Gasteiger partial charge in [-0.25, -0.2) is 0 Å². The third kappa shape index (κ3) is 5.01. The monoisotopic (exact) mass is 259 g/mol. The van der Waals surface area contributed by atoms with Crippen LogP contribution in [0, 0.1) is 6.07 Å². The van der Waals surface area contributed by atoms with Gasteiger partial charge in [-0.05, 0) is 36.3 Å². The summed E-state index contributed by atoms with van der Waals surface area (Å²) in [6.07, 6.45) is 12.0. The van der Waals surface area contributed by atoms with Crippen molar-refractivity contribution in [2.75, 3.05) is 0 Å². The van der Waals surface area contributed by atoms with E-state index in [-0.39, 0.29) is 0 Å². The zero-order valence-electron chi connectivity index (χ0n) is 13.2. The van der Waals surface area contributed by atoms with Crippen molar-refractivity contribution in [1.29, 1.82) is 0 Å². The Morgan fingerprint density at radius 3 is 1.95 bits per heavy atom. The summed E-state index contributed by atoms with van der Waals surface area (Å²) in [5.74, 6) is 0. The Morgan fingerprint density at radius 1 is 0.895 bits per heavy atom. The quantitative estimate of drug-likeness (QED) is 0.433. The zero-order valence-corrected chi connectivity index (χ0v) is 13.2. The average molecular weight is 259 g/mol. The van der Waals surface area contributed by atoms with E-state index in [0.29, 0.717) is 5.41 Å². The molecule has 0 heteroatoms. The molecule has 0 saturated heterocycles. The topological polar surface area (TPSA) is 0 Å². The molecular formula is C19H31. The maximum atomic E-state index is 3.51.